The van der Waals surface area contributed by atoms with E-state index in [1.807, 2.05) is 35.9 Å². The van der Waals surface area contributed by atoms with Crippen molar-refractivity contribution < 1.29 is 4.79 Å². The van der Waals surface area contributed by atoms with Gasteiger partial charge in [0.1, 0.15) is 6.04 Å². The Morgan fingerprint density at radius 1 is 1.50 bits per heavy atom. The van der Waals surface area contributed by atoms with Crippen LogP contribution in [0.2, 0.25) is 0 Å². The fourth-order valence-electron chi connectivity index (χ4n) is 1.54. The largest absolute Gasteiger partial charge is 0.368 e. The molecule has 16 heavy (non-hydrogen) atoms. The first kappa shape index (κ1) is 10.5. The van der Waals surface area contributed by atoms with Gasteiger partial charge in [0.05, 0.1) is 11.0 Å². The number of carbonyl (C=O) groups excluding carboxylic acids is 1. The SMILES string of the molecule is CC(Nc1nc2ccccc2n1C)C(N)=O. The number of anilines is 1. The van der Waals surface area contributed by atoms with E-state index in [1.54, 1.807) is 6.92 Å². The minimum atomic E-state index is -0.435. The summed E-state index contributed by atoms with van der Waals surface area (Å²) in [6.07, 6.45) is 0. The minimum absolute atomic E-state index is 0.396. The molecule has 0 aliphatic heterocycles. The quantitative estimate of drug-likeness (QED) is 0.802. The standard InChI is InChI=1S/C11H14N4O/c1-7(10(12)16)13-11-14-8-5-3-4-6-9(8)15(11)2/h3-7H,1-2H3,(H2,12,16)(H,13,14). The third-order valence-corrected chi connectivity index (χ3v) is 2.56. The van der Waals surface area contributed by atoms with Crippen molar-refractivity contribution in [3.8, 4) is 0 Å². The van der Waals surface area contributed by atoms with E-state index in [0.29, 0.717) is 5.95 Å². The zero-order valence-electron chi connectivity index (χ0n) is 9.27. The Kier molecular flexibility index (Phi) is 2.52. The van der Waals surface area contributed by atoms with Gasteiger partial charge in [0.2, 0.25) is 11.9 Å². The number of carbonyl (C=O) groups is 1. The number of primary amides is 1. The maximum absolute atomic E-state index is 11.0. The van der Waals surface area contributed by atoms with E-state index in [0.717, 1.165) is 11.0 Å². The lowest BCUT2D eigenvalue weighted by Crippen LogP contribution is -2.33. The molecule has 0 aliphatic carbocycles. The molecule has 0 saturated heterocycles. The van der Waals surface area contributed by atoms with Crippen molar-refractivity contribution in [2.45, 2.75) is 13.0 Å². The predicted octanol–water partition coefficient (Wildman–Crippen LogP) is 0.859. The van der Waals surface area contributed by atoms with Gasteiger partial charge in [-0.05, 0) is 19.1 Å². The highest BCUT2D eigenvalue weighted by Gasteiger charge is 2.12. The van der Waals surface area contributed by atoms with Crippen molar-refractivity contribution >= 4 is 22.9 Å². The van der Waals surface area contributed by atoms with Crippen molar-refractivity contribution in [3.63, 3.8) is 0 Å². The molecule has 0 aliphatic rings. The van der Waals surface area contributed by atoms with Gasteiger partial charge >= 0.3 is 0 Å². The van der Waals surface area contributed by atoms with Gasteiger partial charge < -0.3 is 15.6 Å². The van der Waals surface area contributed by atoms with E-state index < -0.39 is 11.9 Å². The maximum Gasteiger partial charge on any atom is 0.239 e. The molecule has 5 heteroatoms. The molecule has 0 spiro atoms. The van der Waals surface area contributed by atoms with Gasteiger partial charge in [-0.2, -0.15) is 0 Å². The average Bonchev–Trinajstić information content (AvgIpc) is 2.56. The topological polar surface area (TPSA) is 72.9 Å². The Balaban J connectivity index is 2.38. The summed E-state index contributed by atoms with van der Waals surface area (Å²) in [4.78, 5) is 15.3. The Labute approximate surface area is 93.3 Å². The zero-order chi connectivity index (χ0) is 11.7. The number of hydrogen-bond donors (Lipinski definition) is 2. The molecule has 3 N–H and O–H groups in total. The third-order valence-electron chi connectivity index (χ3n) is 2.56. The van der Waals surface area contributed by atoms with Gasteiger partial charge in [0, 0.05) is 7.05 Å². The summed E-state index contributed by atoms with van der Waals surface area (Å²) in [5.74, 6) is 0.250. The average molecular weight is 218 g/mol. The van der Waals surface area contributed by atoms with Crippen LogP contribution in [-0.4, -0.2) is 21.5 Å². The fraction of sp³-hybridized carbons (Fsp3) is 0.273. The summed E-state index contributed by atoms with van der Waals surface area (Å²) in [6.45, 7) is 1.71. The summed E-state index contributed by atoms with van der Waals surface area (Å²) in [5, 5.41) is 2.98. The number of hydrogen-bond acceptors (Lipinski definition) is 3. The number of nitrogens with two attached hydrogens (primary N) is 1. The molecule has 0 radical (unpaired) electrons. The Hall–Kier alpha value is -2.04. The van der Waals surface area contributed by atoms with E-state index in [4.69, 9.17) is 5.73 Å². The number of benzene rings is 1. The van der Waals surface area contributed by atoms with Crippen LogP contribution in [0.3, 0.4) is 0 Å². The van der Waals surface area contributed by atoms with Crippen LogP contribution >= 0.6 is 0 Å². The number of nitrogens with zero attached hydrogens (tertiary/aromatic N) is 2. The van der Waals surface area contributed by atoms with E-state index in [2.05, 4.69) is 10.3 Å². The summed E-state index contributed by atoms with van der Waals surface area (Å²) in [7, 11) is 1.89. The highest BCUT2D eigenvalue weighted by molar-refractivity contribution is 5.83. The molecular weight excluding hydrogens is 204 g/mol. The van der Waals surface area contributed by atoms with Crippen LogP contribution in [0.15, 0.2) is 24.3 Å². The van der Waals surface area contributed by atoms with Crippen molar-refractivity contribution in [2.75, 3.05) is 5.32 Å². The van der Waals surface area contributed by atoms with Gasteiger partial charge in [0.25, 0.3) is 0 Å². The molecule has 5 nitrogen and oxygen atoms in total. The van der Waals surface area contributed by atoms with Crippen LogP contribution in [0.1, 0.15) is 6.92 Å². The lowest BCUT2D eigenvalue weighted by Gasteiger charge is -2.10. The fourth-order valence-corrected chi connectivity index (χ4v) is 1.54. The molecule has 2 rings (SSSR count). The van der Waals surface area contributed by atoms with Gasteiger partial charge in [-0.15, -0.1) is 0 Å². The molecule has 0 saturated carbocycles. The smallest absolute Gasteiger partial charge is 0.239 e. The van der Waals surface area contributed by atoms with E-state index in [-0.39, 0.29) is 0 Å². The predicted molar refractivity (Wildman–Crippen MR) is 63.0 cm³/mol. The van der Waals surface area contributed by atoms with Crippen LogP contribution in [-0.2, 0) is 11.8 Å². The second-order valence-electron chi connectivity index (χ2n) is 3.75. The third kappa shape index (κ3) is 1.71. The first-order valence-electron chi connectivity index (χ1n) is 5.07. The number of nitrogens with one attached hydrogen (secondary N) is 1. The molecule has 0 fully saturated rings. The number of aryl methyl sites for hydroxylation is 1. The molecule has 1 unspecified atom stereocenters. The molecule has 1 aromatic heterocycles. The molecule has 0 bridgehead atoms. The summed E-state index contributed by atoms with van der Waals surface area (Å²) in [6, 6.07) is 7.34. The highest BCUT2D eigenvalue weighted by atomic mass is 16.1. The lowest BCUT2D eigenvalue weighted by molar-refractivity contribution is -0.118. The van der Waals surface area contributed by atoms with Crippen molar-refractivity contribution in [3.05, 3.63) is 24.3 Å². The highest BCUT2D eigenvalue weighted by Crippen LogP contribution is 2.17. The maximum atomic E-state index is 11.0. The van der Waals surface area contributed by atoms with Crippen LogP contribution in [0.5, 0.6) is 0 Å². The van der Waals surface area contributed by atoms with E-state index in [9.17, 15) is 4.79 Å². The van der Waals surface area contributed by atoms with Crippen molar-refractivity contribution in [1.82, 2.24) is 9.55 Å². The van der Waals surface area contributed by atoms with Crippen molar-refractivity contribution in [2.24, 2.45) is 12.8 Å². The summed E-state index contributed by atoms with van der Waals surface area (Å²) in [5.41, 5.74) is 7.10. The van der Waals surface area contributed by atoms with Crippen LogP contribution in [0.25, 0.3) is 11.0 Å². The summed E-state index contributed by atoms with van der Waals surface area (Å²) < 4.78 is 1.90. The molecule has 1 heterocycles. The number of amides is 1. The van der Waals surface area contributed by atoms with Gasteiger partial charge in [-0.1, -0.05) is 12.1 Å². The van der Waals surface area contributed by atoms with E-state index in [1.165, 1.54) is 0 Å². The number of aromatic nitrogens is 2. The van der Waals surface area contributed by atoms with Gasteiger partial charge in [-0.3, -0.25) is 4.79 Å². The first-order chi connectivity index (χ1) is 7.59. The Bertz CT molecular complexity index is 532. The number of para-hydroxylation sites is 2. The minimum Gasteiger partial charge on any atom is -0.368 e. The van der Waals surface area contributed by atoms with E-state index >= 15 is 0 Å². The van der Waals surface area contributed by atoms with Crippen LogP contribution < -0.4 is 11.1 Å². The van der Waals surface area contributed by atoms with Gasteiger partial charge in [0.15, 0.2) is 0 Å². The molecule has 2 aromatic rings. The number of rotatable bonds is 3. The second-order valence-corrected chi connectivity index (χ2v) is 3.75. The zero-order valence-corrected chi connectivity index (χ0v) is 9.27. The van der Waals surface area contributed by atoms with Gasteiger partial charge in [-0.25, -0.2) is 4.98 Å². The molecule has 1 aromatic carbocycles. The van der Waals surface area contributed by atoms with Crippen molar-refractivity contribution in [1.29, 1.82) is 0 Å². The second kappa shape index (κ2) is 3.84. The Morgan fingerprint density at radius 3 is 2.81 bits per heavy atom. The normalized spacial score (nSPS) is 12.6. The number of fused-ring (bicyclic) bond motifs is 1. The number of imidazole rings is 1. The van der Waals surface area contributed by atoms with Crippen LogP contribution in [0.4, 0.5) is 5.95 Å². The molecule has 1 amide bonds. The summed E-state index contributed by atoms with van der Waals surface area (Å²) >= 11 is 0. The first-order valence-corrected chi connectivity index (χ1v) is 5.07. The lowest BCUT2D eigenvalue weighted by atomic mass is 10.3. The monoisotopic (exact) mass is 218 g/mol. The molecular formula is C11H14N4O. The Morgan fingerprint density at radius 2 is 2.19 bits per heavy atom. The van der Waals surface area contributed by atoms with Crippen LogP contribution in [0, 0.1) is 0 Å². The molecule has 1 atom stereocenters. The molecule has 84 valence electrons.